The molecule has 0 spiro atoms. The number of aromatic nitrogens is 1. The van der Waals surface area contributed by atoms with Crippen molar-refractivity contribution in [2.45, 2.75) is 32.7 Å². The molecule has 0 aliphatic rings. The molecule has 0 saturated heterocycles. The number of anilines is 1. The van der Waals surface area contributed by atoms with Gasteiger partial charge in [0.15, 0.2) is 0 Å². The zero-order valence-corrected chi connectivity index (χ0v) is 12.7. The molecule has 0 aliphatic carbocycles. The van der Waals surface area contributed by atoms with Crippen molar-refractivity contribution >= 4 is 16.6 Å². The summed E-state index contributed by atoms with van der Waals surface area (Å²) in [7, 11) is 0. The minimum atomic E-state index is 0.634. The van der Waals surface area contributed by atoms with E-state index in [-0.39, 0.29) is 0 Å². The summed E-state index contributed by atoms with van der Waals surface area (Å²) >= 11 is 0. The summed E-state index contributed by atoms with van der Waals surface area (Å²) in [5.74, 6) is 0.634. The van der Waals surface area contributed by atoms with Crippen LogP contribution in [-0.4, -0.2) is 4.98 Å². The molecule has 0 saturated carbocycles. The summed E-state index contributed by atoms with van der Waals surface area (Å²) in [6.45, 7) is 5.35. The molecule has 1 atom stereocenters. The van der Waals surface area contributed by atoms with Gasteiger partial charge in [-0.3, -0.25) is 0 Å². The third-order valence-electron chi connectivity index (χ3n) is 4.21. The second kappa shape index (κ2) is 6.04. The maximum absolute atomic E-state index is 3.49. The topological polar surface area (TPSA) is 27.8 Å². The quantitative estimate of drug-likeness (QED) is 0.651. The molecule has 1 aromatic heterocycles. The highest BCUT2D eigenvalue weighted by atomic mass is 14.9. The minimum absolute atomic E-state index is 0.634. The first-order valence-electron chi connectivity index (χ1n) is 7.66. The van der Waals surface area contributed by atoms with Gasteiger partial charge in [0.25, 0.3) is 0 Å². The van der Waals surface area contributed by atoms with E-state index in [1.807, 2.05) is 6.20 Å². The van der Waals surface area contributed by atoms with Crippen molar-refractivity contribution in [2.75, 3.05) is 5.32 Å². The van der Waals surface area contributed by atoms with Gasteiger partial charge in [0.1, 0.15) is 0 Å². The normalized spacial score (nSPS) is 12.5. The maximum atomic E-state index is 3.49. The molecule has 0 amide bonds. The lowest BCUT2D eigenvalue weighted by molar-refractivity contribution is 0.734. The number of hydrogen-bond donors (Lipinski definition) is 2. The Morgan fingerprint density at radius 2 is 1.86 bits per heavy atom. The molecule has 21 heavy (non-hydrogen) atoms. The highest BCUT2D eigenvalue weighted by Gasteiger charge is 2.02. The van der Waals surface area contributed by atoms with Crippen LogP contribution in [-0.2, 0) is 6.54 Å². The monoisotopic (exact) mass is 278 g/mol. The molecule has 1 unspecified atom stereocenters. The van der Waals surface area contributed by atoms with Gasteiger partial charge in [-0.15, -0.1) is 0 Å². The van der Waals surface area contributed by atoms with Gasteiger partial charge < -0.3 is 10.3 Å². The van der Waals surface area contributed by atoms with Crippen LogP contribution in [0.15, 0.2) is 54.7 Å². The van der Waals surface area contributed by atoms with Crippen molar-refractivity contribution in [1.29, 1.82) is 0 Å². The Hall–Kier alpha value is -2.22. The van der Waals surface area contributed by atoms with Crippen LogP contribution in [0.4, 0.5) is 5.69 Å². The number of fused-ring (bicyclic) bond motifs is 1. The Bertz CT molecular complexity index is 710. The van der Waals surface area contributed by atoms with E-state index in [9.17, 15) is 0 Å². The Balaban J connectivity index is 1.66. The molecule has 2 N–H and O–H groups in total. The van der Waals surface area contributed by atoms with Gasteiger partial charge in [0, 0.05) is 23.9 Å². The first-order chi connectivity index (χ1) is 10.3. The van der Waals surface area contributed by atoms with Crippen molar-refractivity contribution in [2.24, 2.45) is 0 Å². The van der Waals surface area contributed by atoms with E-state index in [0.29, 0.717) is 5.92 Å². The number of nitrogens with one attached hydrogen (secondary N) is 2. The van der Waals surface area contributed by atoms with E-state index >= 15 is 0 Å². The van der Waals surface area contributed by atoms with E-state index in [1.165, 1.54) is 34.1 Å². The van der Waals surface area contributed by atoms with E-state index in [4.69, 9.17) is 0 Å². The Morgan fingerprint density at radius 1 is 1.05 bits per heavy atom. The second-order valence-electron chi connectivity index (χ2n) is 5.68. The third-order valence-corrected chi connectivity index (χ3v) is 4.21. The molecule has 2 heteroatoms. The van der Waals surface area contributed by atoms with Crippen LogP contribution in [0.3, 0.4) is 0 Å². The minimum Gasteiger partial charge on any atom is -0.381 e. The standard InChI is InChI=1S/C19H22N2/c1-3-14(2)16-5-7-18(8-6-16)21-13-15-4-9-19-17(12-15)10-11-20-19/h4-12,14,20-21H,3,13H2,1-2H3. The largest absolute Gasteiger partial charge is 0.381 e. The number of benzene rings is 2. The van der Waals surface area contributed by atoms with Crippen LogP contribution in [0.1, 0.15) is 37.3 Å². The summed E-state index contributed by atoms with van der Waals surface area (Å²) in [6, 6.07) is 17.5. The molecule has 0 radical (unpaired) electrons. The summed E-state index contributed by atoms with van der Waals surface area (Å²) < 4.78 is 0. The predicted molar refractivity (Wildman–Crippen MR) is 90.8 cm³/mol. The van der Waals surface area contributed by atoms with E-state index in [2.05, 4.69) is 72.7 Å². The summed E-state index contributed by atoms with van der Waals surface area (Å²) in [5, 5.41) is 4.76. The Kier molecular flexibility index (Phi) is 3.96. The first-order valence-corrected chi connectivity index (χ1v) is 7.66. The maximum Gasteiger partial charge on any atom is 0.0454 e. The molecule has 1 heterocycles. The van der Waals surface area contributed by atoms with Crippen molar-refractivity contribution in [3.63, 3.8) is 0 Å². The highest BCUT2D eigenvalue weighted by molar-refractivity contribution is 5.79. The van der Waals surface area contributed by atoms with E-state index in [0.717, 1.165) is 6.54 Å². The lowest BCUT2D eigenvalue weighted by atomic mass is 9.98. The number of aromatic amines is 1. The molecule has 2 nitrogen and oxygen atoms in total. The van der Waals surface area contributed by atoms with Gasteiger partial charge in [-0.25, -0.2) is 0 Å². The lowest BCUT2D eigenvalue weighted by Crippen LogP contribution is -1.99. The molecular weight excluding hydrogens is 256 g/mol. The van der Waals surface area contributed by atoms with Crippen LogP contribution < -0.4 is 5.32 Å². The van der Waals surface area contributed by atoms with Gasteiger partial charge in [0.05, 0.1) is 0 Å². The SMILES string of the molecule is CCC(C)c1ccc(NCc2ccc3[nH]ccc3c2)cc1. The van der Waals surface area contributed by atoms with E-state index in [1.54, 1.807) is 0 Å². The molecule has 0 fully saturated rings. The number of hydrogen-bond acceptors (Lipinski definition) is 1. The lowest BCUT2D eigenvalue weighted by Gasteiger charge is -2.11. The summed E-state index contributed by atoms with van der Waals surface area (Å²) in [6.07, 6.45) is 3.17. The molecule has 0 bridgehead atoms. The van der Waals surface area contributed by atoms with E-state index < -0.39 is 0 Å². The highest BCUT2D eigenvalue weighted by Crippen LogP contribution is 2.21. The van der Waals surface area contributed by atoms with Crippen LogP contribution in [0, 0.1) is 0 Å². The van der Waals surface area contributed by atoms with Gasteiger partial charge in [-0.2, -0.15) is 0 Å². The third kappa shape index (κ3) is 3.10. The van der Waals surface area contributed by atoms with Crippen molar-refractivity contribution in [1.82, 2.24) is 4.98 Å². The van der Waals surface area contributed by atoms with Crippen LogP contribution >= 0.6 is 0 Å². The van der Waals surface area contributed by atoms with Crippen LogP contribution in [0.2, 0.25) is 0 Å². The predicted octanol–water partition coefficient (Wildman–Crippen LogP) is 5.29. The molecule has 3 aromatic rings. The average Bonchev–Trinajstić information content (AvgIpc) is 3.00. The molecule has 2 aromatic carbocycles. The smallest absolute Gasteiger partial charge is 0.0454 e. The second-order valence-corrected chi connectivity index (χ2v) is 5.68. The molecule has 0 aliphatic heterocycles. The molecule has 108 valence electrons. The number of H-pyrrole nitrogens is 1. The van der Waals surface area contributed by atoms with Gasteiger partial charge >= 0.3 is 0 Å². The summed E-state index contributed by atoms with van der Waals surface area (Å²) in [4.78, 5) is 3.22. The van der Waals surface area contributed by atoms with Gasteiger partial charge in [-0.05, 0) is 59.2 Å². The zero-order valence-electron chi connectivity index (χ0n) is 12.7. The zero-order chi connectivity index (χ0) is 14.7. The fourth-order valence-electron chi connectivity index (χ4n) is 2.58. The first kappa shape index (κ1) is 13.7. The number of rotatable bonds is 5. The Morgan fingerprint density at radius 3 is 2.62 bits per heavy atom. The fraction of sp³-hybridized carbons (Fsp3) is 0.263. The van der Waals surface area contributed by atoms with Crippen molar-refractivity contribution in [3.05, 3.63) is 65.9 Å². The Labute approximate surface area is 126 Å². The summed E-state index contributed by atoms with van der Waals surface area (Å²) in [5.41, 5.74) is 5.08. The van der Waals surface area contributed by atoms with Crippen molar-refractivity contribution in [3.8, 4) is 0 Å². The van der Waals surface area contributed by atoms with Crippen LogP contribution in [0.25, 0.3) is 10.9 Å². The van der Waals surface area contributed by atoms with Crippen molar-refractivity contribution < 1.29 is 0 Å². The van der Waals surface area contributed by atoms with Gasteiger partial charge in [0.2, 0.25) is 0 Å². The van der Waals surface area contributed by atoms with Crippen LogP contribution in [0.5, 0.6) is 0 Å². The van der Waals surface area contributed by atoms with Gasteiger partial charge in [-0.1, -0.05) is 32.0 Å². The fourth-order valence-corrected chi connectivity index (χ4v) is 2.58. The average molecular weight is 278 g/mol. The molecule has 3 rings (SSSR count). The molecular formula is C19H22N2.